The van der Waals surface area contributed by atoms with Crippen molar-refractivity contribution in [2.75, 3.05) is 0 Å². The molecule has 0 aliphatic carbocycles. The largest absolute Gasteiger partial charge is 0.369 e. The van der Waals surface area contributed by atoms with E-state index in [0.717, 1.165) is 12.5 Å². The van der Waals surface area contributed by atoms with Crippen molar-refractivity contribution < 1.29 is 13.5 Å². The highest BCUT2D eigenvalue weighted by molar-refractivity contribution is 5.19. The van der Waals surface area contributed by atoms with E-state index in [1.54, 1.807) is 0 Å². The van der Waals surface area contributed by atoms with Gasteiger partial charge in [-0.1, -0.05) is 13.8 Å². The van der Waals surface area contributed by atoms with Crippen LogP contribution in [0, 0.1) is 17.6 Å². The molecule has 0 radical (unpaired) electrons. The van der Waals surface area contributed by atoms with Gasteiger partial charge in [0.2, 0.25) is 0 Å². The average Bonchev–Trinajstić information content (AvgIpc) is 3.02. The molecule has 0 N–H and O–H groups in total. The Bertz CT molecular complexity index is 378. The molecule has 0 bridgehead atoms. The molecule has 0 amide bonds. The van der Waals surface area contributed by atoms with Gasteiger partial charge in [0.25, 0.3) is 0 Å². The molecular formula is C13H16F2O. The molecule has 3 atom stereocenters. The first kappa shape index (κ1) is 11.5. The normalized spacial score (nSPS) is 25.5. The monoisotopic (exact) mass is 226 g/mol. The summed E-state index contributed by atoms with van der Waals surface area (Å²) in [6.45, 7) is 4.09. The van der Waals surface area contributed by atoms with Crippen LogP contribution < -0.4 is 0 Å². The van der Waals surface area contributed by atoms with Gasteiger partial charge in [0.05, 0.1) is 12.2 Å². The van der Waals surface area contributed by atoms with Crippen molar-refractivity contribution in [2.24, 2.45) is 5.92 Å². The lowest BCUT2D eigenvalue weighted by atomic mass is 9.95. The predicted octanol–water partition coefficient (Wildman–Crippen LogP) is 3.32. The molecule has 1 aromatic rings. The lowest BCUT2D eigenvalue weighted by Gasteiger charge is -2.09. The minimum Gasteiger partial charge on any atom is -0.369 e. The van der Waals surface area contributed by atoms with E-state index < -0.39 is 0 Å². The van der Waals surface area contributed by atoms with Crippen LogP contribution in [0.25, 0.3) is 0 Å². The number of halogens is 2. The summed E-state index contributed by atoms with van der Waals surface area (Å²) in [6, 6.07) is 3.60. The Morgan fingerprint density at radius 2 is 2.12 bits per heavy atom. The van der Waals surface area contributed by atoms with Crippen molar-refractivity contribution in [2.45, 2.75) is 38.9 Å². The van der Waals surface area contributed by atoms with Gasteiger partial charge in [0.1, 0.15) is 11.6 Å². The van der Waals surface area contributed by atoms with E-state index in [4.69, 9.17) is 4.74 Å². The first-order valence-electron chi connectivity index (χ1n) is 5.71. The van der Waals surface area contributed by atoms with Gasteiger partial charge in [0, 0.05) is 0 Å². The Morgan fingerprint density at radius 3 is 2.75 bits per heavy atom. The predicted molar refractivity (Wildman–Crippen MR) is 58.2 cm³/mol. The van der Waals surface area contributed by atoms with Crippen LogP contribution in [0.4, 0.5) is 8.78 Å². The van der Waals surface area contributed by atoms with Crippen LogP contribution in [-0.4, -0.2) is 12.2 Å². The van der Waals surface area contributed by atoms with E-state index in [1.807, 2.05) is 6.92 Å². The molecule has 88 valence electrons. The maximum Gasteiger partial charge on any atom is 0.126 e. The van der Waals surface area contributed by atoms with Crippen LogP contribution in [0.5, 0.6) is 0 Å². The molecule has 1 fully saturated rings. The zero-order valence-electron chi connectivity index (χ0n) is 9.54. The minimum atomic E-state index is -0.382. The molecule has 3 heteroatoms. The molecule has 1 aliphatic heterocycles. The van der Waals surface area contributed by atoms with Gasteiger partial charge in [0.15, 0.2) is 0 Å². The highest BCUT2D eigenvalue weighted by atomic mass is 19.1. The molecule has 0 saturated carbocycles. The van der Waals surface area contributed by atoms with Gasteiger partial charge in [-0.25, -0.2) is 8.78 Å². The summed E-state index contributed by atoms with van der Waals surface area (Å²) in [4.78, 5) is 0. The summed E-state index contributed by atoms with van der Waals surface area (Å²) in [5.41, 5.74) is 0.442. The standard InChI is InChI=1S/C13H16F2O/c1-3-12-13(16-12)8(2)6-9-7-10(14)4-5-11(9)15/h4-5,7-8,12-13H,3,6H2,1-2H3. The van der Waals surface area contributed by atoms with Crippen LogP contribution in [0.3, 0.4) is 0 Å². The maximum absolute atomic E-state index is 13.4. The topological polar surface area (TPSA) is 12.5 Å². The van der Waals surface area contributed by atoms with Crippen LogP contribution in [0.2, 0.25) is 0 Å². The molecule has 1 aromatic carbocycles. The third kappa shape index (κ3) is 2.40. The van der Waals surface area contributed by atoms with E-state index in [0.29, 0.717) is 18.1 Å². The minimum absolute atomic E-state index is 0.215. The zero-order chi connectivity index (χ0) is 11.7. The second kappa shape index (κ2) is 4.50. The molecule has 16 heavy (non-hydrogen) atoms. The van der Waals surface area contributed by atoms with Crippen molar-refractivity contribution in [1.82, 2.24) is 0 Å². The summed E-state index contributed by atoms with van der Waals surface area (Å²) >= 11 is 0. The number of ether oxygens (including phenoxy) is 1. The second-order valence-corrected chi connectivity index (χ2v) is 4.46. The zero-order valence-corrected chi connectivity index (χ0v) is 9.54. The van der Waals surface area contributed by atoms with Crippen molar-refractivity contribution in [3.05, 3.63) is 35.4 Å². The first-order valence-corrected chi connectivity index (χ1v) is 5.71. The van der Waals surface area contributed by atoms with Crippen molar-refractivity contribution in [1.29, 1.82) is 0 Å². The average molecular weight is 226 g/mol. The van der Waals surface area contributed by atoms with Gasteiger partial charge >= 0.3 is 0 Å². The number of rotatable bonds is 4. The van der Waals surface area contributed by atoms with Gasteiger partial charge in [-0.05, 0) is 42.5 Å². The Morgan fingerprint density at radius 1 is 1.38 bits per heavy atom. The Kier molecular flexibility index (Phi) is 3.24. The van der Waals surface area contributed by atoms with Crippen molar-refractivity contribution in [3.63, 3.8) is 0 Å². The van der Waals surface area contributed by atoms with Crippen LogP contribution in [0.1, 0.15) is 25.8 Å². The Hall–Kier alpha value is -0.960. The van der Waals surface area contributed by atoms with Crippen molar-refractivity contribution >= 4 is 0 Å². The summed E-state index contributed by atoms with van der Waals surface area (Å²) in [7, 11) is 0. The van der Waals surface area contributed by atoms with Gasteiger partial charge in [-0.2, -0.15) is 0 Å². The molecule has 1 saturated heterocycles. The number of benzene rings is 1. The smallest absolute Gasteiger partial charge is 0.126 e. The molecule has 1 heterocycles. The Balaban J connectivity index is 2.01. The molecule has 1 aliphatic rings. The lowest BCUT2D eigenvalue weighted by molar-refractivity contribution is 0.321. The molecule has 0 spiro atoms. The SMILES string of the molecule is CCC1OC1C(C)Cc1cc(F)ccc1F. The molecule has 0 aromatic heterocycles. The van der Waals surface area contributed by atoms with E-state index in [9.17, 15) is 8.78 Å². The quantitative estimate of drug-likeness (QED) is 0.717. The molecule has 1 nitrogen and oxygen atoms in total. The van der Waals surface area contributed by atoms with E-state index in [1.165, 1.54) is 12.1 Å². The second-order valence-electron chi connectivity index (χ2n) is 4.46. The van der Waals surface area contributed by atoms with Crippen LogP contribution in [0.15, 0.2) is 18.2 Å². The Labute approximate surface area is 94.4 Å². The number of hydrogen-bond acceptors (Lipinski definition) is 1. The van der Waals surface area contributed by atoms with Gasteiger partial charge in [-0.3, -0.25) is 0 Å². The fourth-order valence-corrected chi connectivity index (χ4v) is 2.15. The molecule has 3 unspecified atom stereocenters. The summed E-state index contributed by atoms with van der Waals surface area (Å²) in [5.74, 6) is -0.476. The maximum atomic E-state index is 13.4. The summed E-state index contributed by atoms with van der Waals surface area (Å²) < 4.78 is 31.8. The van der Waals surface area contributed by atoms with Gasteiger partial charge < -0.3 is 4.74 Å². The fraction of sp³-hybridized carbons (Fsp3) is 0.538. The number of epoxide rings is 1. The molecular weight excluding hydrogens is 210 g/mol. The highest BCUT2D eigenvalue weighted by Crippen LogP contribution is 2.33. The van der Waals surface area contributed by atoms with E-state index in [2.05, 4.69) is 6.92 Å². The third-order valence-electron chi connectivity index (χ3n) is 3.13. The summed E-state index contributed by atoms with van der Waals surface area (Å²) in [6.07, 6.45) is 2.05. The highest BCUT2D eigenvalue weighted by Gasteiger charge is 2.41. The summed E-state index contributed by atoms with van der Waals surface area (Å²) in [5, 5.41) is 0. The van der Waals surface area contributed by atoms with Gasteiger partial charge in [-0.15, -0.1) is 0 Å². The third-order valence-corrected chi connectivity index (χ3v) is 3.13. The fourth-order valence-electron chi connectivity index (χ4n) is 2.15. The molecule has 2 rings (SSSR count). The van der Waals surface area contributed by atoms with Crippen molar-refractivity contribution in [3.8, 4) is 0 Å². The van der Waals surface area contributed by atoms with Crippen LogP contribution >= 0.6 is 0 Å². The van der Waals surface area contributed by atoms with E-state index >= 15 is 0 Å². The lowest BCUT2D eigenvalue weighted by Crippen LogP contribution is -2.11. The van der Waals surface area contributed by atoms with Crippen LogP contribution in [-0.2, 0) is 11.2 Å². The van der Waals surface area contributed by atoms with E-state index in [-0.39, 0.29) is 23.7 Å². The number of hydrogen-bond donors (Lipinski definition) is 0. The first-order chi connectivity index (χ1) is 7.61.